The number of ether oxygens (including phenoxy) is 2. The van der Waals surface area contributed by atoms with Crippen LogP contribution in [0.4, 0.5) is 0 Å². The Kier molecular flexibility index (Phi) is 4.89. The van der Waals surface area contributed by atoms with Gasteiger partial charge in [0.25, 0.3) is 8.32 Å². The van der Waals surface area contributed by atoms with E-state index in [0.29, 0.717) is 0 Å². The van der Waals surface area contributed by atoms with Crippen molar-refractivity contribution in [1.29, 1.82) is 0 Å². The topological polar surface area (TPSA) is 44.8 Å². The van der Waals surface area contributed by atoms with Gasteiger partial charge in [-0.25, -0.2) is 0 Å². The Balaban J connectivity index is 1.65. The van der Waals surface area contributed by atoms with Crippen molar-refractivity contribution < 1.29 is 18.7 Å². The minimum absolute atomic E-state index is 0.128. The van der Waals surface area contributed by atoms with Crippen molar-refractivity contribution in [2.75, 3.05) is 0 Å². The number of rotatable bonds is 5. The fourth-order valence-electron chi connectivity index (χ4n) is 6.35. The maximum Gasteiger partial charge on any atom is 0.261 e. The summed E-state index contributed by atoms with van der Waals surface area (Å²) in [5.74, 6) is -0.363. The van der Waals surface area contributed by atoms with Gasteiger partial charge in [0, 0.05) is 5.92 Å². The summed E-state index contributed by atoms with van der Waals surface area (Å²) in [6.45, 7) is 12.4. The quantitative estimate of drug-likeness (QED) is 0.645. The Morgan fingerprint density at radius 3 is 1.97 bits per heavy atom. The van der Waals surface area contributed by atoms with Crippen molar-refractivity contribution in [3.05, 3.63) is 60.7 Å². The van der Waals surface area contributed by atoms with Crippen LogP contribution in [0.3, 0.4) is 0 Å². The summed E-state index contributed by atoms with van der Waals surface area (Å²) in [7, 11) is -2.75. The molecule has 0 radical (unpaired) electrons. The normalized spacial score (nSPS) is 32.9. The van der Waals surface area contributed by atoms with Gasteiger partial charge in [0.2, 0.25) is 0 Å². The zero-order chi connectivity index (χ0) is 22.9. The summed E-state index contributed by atoms with van der Waals surface area (Å²) in [5, 5.41) is 2.36. The summed E-state index contributed by atoms with van der Waals surface area (Å²) in [5.41, 5.74) is -0.464. The van der Waals surface area contributed by atoms with Crippen molar-refractivity contribution in [2.24, 2.45) is 11.3 Å². The highest BCUT2D eigenvalue weighted by molar-refractivity contribution is 6.99. The molecule has 0 N–H and O–H groups in total. The smallest absolute Gasteiger partial charge is 0.261 e. The highest BCUT2D eigenvalue weighted by Gasteiger charge is 2.79. The molecule has 0 bridgehead atoms. The Morgan fingerprint density at radius 2 is 1.50 bits per heavy atom. The van der Waals surface area contributed by atoms with E-state index in [2.05, 4.69) is 81.4 Å². The largest absolute Gasteiger partial charge is 0.401 e. The van der Waals surface area contributed by atoms with Crippen LogP contribution in [0.2, 0.25) is 5.04 Å². The van der Waals surface area contributed by atoms with Gasteiger partial charge in [-0.2, -0.15) is 0 Å². The van der Waals surface area contributed by atoms with E-state index in [1.807, 2.05) is 13.8 Å². The van der Waals surface area contributed by atoms with E-state index in [9.17, 15) is 4.79 Å². The summed E-state index contributed by atoms with van der Waals surface area (Å²) in [4.78, 5) is 12.8. The summed E-state index contributed by atoms with van der Waals surface area (Å²) >= 11 is 0. The summed E-state index contributed by atoms with van der Waals surface area (Å²) in [6.07, 6.45) is 0.195. The average molecular weight is 451 g/mol. The molecular weight excluding hydrogens is 416 g/mol. The SMILES string of the molecule is CC(=O)[C@]12C[C@@H]1[C@H](O[Si](c1ccccc1)(c1ccccc1)C(C)(C)C)[C@@H]1OC(C)(C)O[C@@H]12. The van der Waals surface area contributed by atoms with Gasteiger partial charge >= 0.3 is 0 Å². The maximum absolute atomic E-state index is 12.8. The third-order valence-electron chi connectivity index (χ3n) is 7.80. The first-order valence-corrected chi connectivity index (χ1v) is 13.6. The number of fused-ring (bicyclic) bond motifs is 3. The average Bonchev–Trinajstić information content (AvgIpc) is 3.33. The molecule has 32 heavy (non-hydrogen) atoms. The molecule has 3 fully saturated rings. The highest BCUT2D eigenvalue weighted by atomic mass is 28.4. The van der Waals surface area contributed by atoms with E-state index >= 15 is 0 Å². The third-order valence-corrected chi connectivity index (χ3v) is 12.8. The van der Waals surface area contributed by atoms with Crippen LogP contribution in [0.25, 0.3) is 0 Å². The Hall–Kier alpha value is -1.79. The van der Waals surface area contributed by atoms with Gasteiger partial charge in [-0.3, -0.25) is 4.79 Å². The lowest BCUT2D eigenvalue weighted by molar-refractivity contribution is -0.168. The number of hydrogen-bond donors (Lipinski definition) is 0. The monoisotopic (exact) mass is 450 g/mol. The zero-order valence-electron chi connectivity index (χ0n) is 19.9. The molecule has 170 valence electrons. The van der Waals surface area contributed by atoms with Crippen molar-refractivity contribution in [1.82, 2.24) is 0 Å². The molecular formula is C27H34O4Si. The fraction of sp³-hybridized carbons (Fsp3) is 0.519. The van der Waals surface area contributed by atoms with Crippen molar-refractivity contribution >= 4 is 24.5 Å². The van der Waals surface area contributed by atoms with Gasteiger partial charge in [-0.15, -0.1) is 0 Å². The van der Waals surface area contributed by atoms with Gasteiger partial charge in [-0.05, 0) is 42.6 Å². The molecule has 5 atom stereocenters. The number of carbonyl (C=O) groups is 1. The predicted octanol–water partition coefficient (Wildman–Crippen LogP) is 4.06. The number of hydrogen-bond acceptors (Lipinski definition) is 4. The standard InChI is InChI=1S/C27H34O4Si/c1-18(28)27-17-21(27)22(23-24(27)30-26(5,6)29-23)31-32(25(2,3)4,19-13-9-7-10-14-19)20-15-11-8-12-16-20/h7-16,21-24H,17H2,1-6H3/t21-,22+,23+,24+,27-/m1/s1. The third kappa shape index (κ3) is 3.02. The van der Waals surface area contributed by atoms with Gasteiger partial charge in [0.1, 0.15) is 18.0 Å². The minimum atomic E-state index is -2.75. The second kappa shape index (κ2) is 7.10. The van der Waals surface area contributed by atoms with Crippen LogP contribution >= 0.6 is 0 Å². The predicted molar refractivity (Wildman–Crippen MR) is 128 cm³/mol. The minimum Gasteiger partial charge on any atom is -0.401 e. The van der Waals surface area contributed by atoms with Crippen LogP contribution in [-0.2, 0) is 18.7 Å². The molecule has 0 amide bonds. The molecule has 2 aromatic rings. The maximum atomic E-state index is 12.8. The van der Waals surface area contributed by atoms with Crippen LogP contribution in [0.5, 0.6) is 0 Å². The van der Waals surface area contributed by atoms with E-state index < -0.39 is 19.5 Å². The lowest BCUT2D eigenvalue weighted by Crippen LogP contribution is -2.68. The van der Waals surface area contributed by atoms with Crippen molar-refractivity contribution in [3.8, 4) is 0 Å². The molecule has 2 aliphatic carbocycles. The number of ketones is 1. The van der Waals surface area contributed by atoms with Gasteiger partial charge in [0.05, 0.1) is 11.5 Å². The lowest BCUT2D eigenvalue weighted by atomic mass is 9.95. The fourth-order valence-corrected chi connectivity index (χ4v) is 11.1. The van der Waals surface area contributed by atoms with E-state index in [1.165, 1.54) is 10.4 Å². The molecule has 2 saturated carbocycles. The van der Waals surface area contributed by atoms with Crippen LogP contribution < -0.4 is 10.4 Å². The Labute approximate surface area is 192 Å². The second-order valence-electron chi connectivity index (χ2n) is 11.2. The molecule has 1 heterocycles. The first-order valence-electron chi connectivity index (χ1n) is 11.7. The van der Waals surface area contributed by atoms with Crippen molar-refractivity contribution in [2.45, 2.75) is 77.1 Å². The van der Waals surface area contributed by atoms with E-state index in [4.69, 9.17) is 13.9 Å². The molecule has 0 spiro atoms. The van der Waals surface area contributed by atoms with Crippen LogP contribution in [0.1, 0.15) is 48.0 Å². The molecule has 1 saturated heterocycles. The highest BCUT2D eigenvalue weighted by Crippen LogP contribution is 2.69. The Morgan fingerprint density at radius 1 is 0.969 bits per heavy atom. The van der Waals surface area contributed by atoms with Gasteiger partial charge < -0.3 is 13.9 Å². The van der Waals surface area contributed by atoms with Gasteiger partial charge in [-0.1, -0.05) is 81.4 Å². The summed E-state index contributed by atoms with van der Waals surface area (Å²) in [6, 6.07) is 21.3. The number of carbonyl (C=O) groups excluding carboxylic acids is 1. The van der Waals surface area contributed by atoms with Crippen LogP contribution in [0.15, 0.2) is 60.7 Å². The molecule has 4 nitrogen and oxygen atoms in total. The summed E-state index contributed by atoms with van der Waals surface area (Å²) < 4.78 is 20.2. The van der Waals surface area contributed by atoms with Crippen LogP contribution in [-0.4, -0.2) is 38.2 Å². The Bertz CT molecular complexity index is 973. The number of Topliss-reactive ketones (excluding diaryl/α,β-unsaturated/α-hetero) is 1. The van der Waals surface area contributed by atoms with E-state index in [-0.39, 0.29) is 35.1 Å². The van der Waals surface area contributed by atoms with E-state index in [0.717, 1.165) is 6.42 Å². The molecule has 0 unspecified atom stereocenters. The van der Waals surface area contributed by atoms with E-state index in [1.54, 1.807) is 6.92 Å². The number of benzene rings is 2. The second-order valence-corrected chi connectivity index (χ2v) is 15.4. The lowest BCUT2D eigenvalue weighted by Gasteiger charge is -2.45. The zero-order valence-corrected chi connectivity index (χ0v) is 20.9. The van der Waals surface area contributed by atoms with Crippen molar-refractivity contribution in [3.63, 3.8) is 0 Å². The first kappa shape index (κ1) is 22.0. The van der Waals surface area contributed by atoms with Gasteiger partial charge in [0.15, 0.2) is 5.79 Å². The molecule has 1 aliphatic heterocycles. The molecule has 2 aromatic carbocycles. The molecule has 5 heteroatoms. The molecule has 3 aliphatic rings. The van der Waals surface area contributed by atoms with Crippen LogP contribution in [0, 0.1) is 11.3 Å². The first-order chi connectivity index (χ1) is 15.0. The molecule has 0 aromatic heterocycles. The molecule has 5 rings (SSSR count).